The lowest BCUT2D eigenvalue weighted by Crippen LogP contribution is -2.41. The Balaban J connectivity index is 2.53. The molecular formula is C12H14IN3O4. The van der Waals surface area contributed by atoms with Gasteiger partial charge in [0.15, 0.2) is 6.61 Å². The standard InChI is InChI=1S/C12H14IN3O4/c1-2-15-12(19)16-10(17)6-20-11(18)8-5-7(13)3-4-9(8)14/h3-5H,2,6,14H2,1H3,(H2,15,16,17,19). The first kappa shape index (κ1) is 16.2. The highest BCUT2D eigenvalue weighted by atomic mass is 127. The number of benzene rings is 1. The van der Waals surface area contributed by atoms with Gasteiger partial charge in [0, 0.05) is 15.8 Å². The zero-order valence-corrected chi connectivity index (χ0v) is 12.9. The molecule has 0 aliphatic rings. The summed E-state index contributed by atoms with van der Waals surface area (Å²) in [6.45, 7) is 1.54. The number of hydrogen-bond acceptors (Lipinski definition) is 5. The molecule has 3 amide bonds. The quantitative estimate of drug-likeness (QED) is 0.401. The third-order valence-corrected chi connectivity index (χ3v) is 2.83. The Morgan fingerprint density at radius 3 is 2.70 bits per heavy atom. The van der Waals surface area contributed by atoms with Crippen molar-refractivity contribution in [2.75, 3.05) is 18.9 Å². The Morgan fingerprint density at radius 2 is 2.05 bits per heavy atom. The number of anilines is 1. The molecule has 0 saturated heterocycles. The lowest BCUT2D eigenvalue weighted by Gasteiger charge is -2.08. The first-order chi connectivity index (χ1) is 9.43. The van der Waals surface area contributed by atoms with Gasteiger partial charge in [-0.05, 0) is 47.7 Å². The van der Waals surface area contributed by atoms with Gasteiger partial charge in [-0.15, -0.1) is 0 Å². The summed E-state index contributed by atoms with van der Waals surface area (Å²) >= 11 is 2.03. The summed E-state index contributed by atoms with van der Waals surface area (Å²) < 4.78 is 5.61. The lowest BCUT2D eigenvalue weighted by molar-refractivity contribution is -0.123. The van der Waals surface area contributed by atoms with E-state index in [0.717, 1.165) is 3.57 Å². The van der Waals surface area contributed by atoms with E-state index in [-0.39, 0.29) is 11.3 Å². The van der Waals surface area contributed by atoms with Crippen molar-refractivity contribution in [1.29, 1.82) is 0 Å². The lowest BCUT2D eigenvalue weighted by atomic mass is 10.2. The molecule has 7 nitrogen and oxygen atoms in total. The van der Waals surface area contributed by atoms with Gasteiger partial charge in [0.25, 0.3) is 5.91 Å². The molecular weight excluding hydrogens is 377 g/mol. The zero-order valence-electron chi connectivity index (χ0n) is 10.7. The number of nitrogens with two attached hydrogens (primary N) is 1. The van der Waals surface area contributed by atoms with Crippen LogP contribution in [-0.2, 0) is 9.53 Å². The third kappa shape index (κ3) is 5.03. The summed E-state index contributed by atoms with van der Waals surface area (Å²) in [5.41, 5.74) is 6.09. The SMILES string of the molecule is CCNC(=O)NC(=O)COC(=O)c1cc(I)ccc1N. The number of carbonyl (C=O) groups is 3. The molecule has 0 atom stereocenters. The topological polar surface area (TPSA) is 111 Å². The monoisotopic (exact) mass is 391 g/mol. The van der Waals surface area contributed by atoms with E-state index in [9.17, 15) is 14.4 Å². The van der Waals surface area contributed by atoms with Crippen LogP contribution in [0.5, 0.6) is 0 Å². The van der Waals surface area contributed by atoms with Gasteiger partial charge in [0.2, 0.25) is 0 Å². The molecule has 1 rings (SSSR count). The maximum absolute atomic E-state index is 11.7. The van der Waals surface area contributed by atoms with Crippen LogP contribution < -0.4 is 16.4 Å². The van der Waals surface area contributed by atoms with Crippen LogP contribution in [0.15, 0.2) is 18.2 Å². The largest absolute Gasteiger partial charge is 0.452 e. The zero-order chi connectivity index (χ0) is 15.1. The molecule has 8 heteroatoms. The van der Waals surface area contributed by atoms with Gasteiger partial charge in [0.05, 0.1) is 5.56 Å². The number of ether oxygens (including phenoxy) is 1. The average Bonchev–Trinajstić information content (AvgIpc) is 2.39. The number of urea groups is 1. The van der Waals surface area contributed by atoms with E-state index in [1.54, 1.807) is 25.1 Å². The Bertz CT molecular complexity index is 533. The Kier molecular flexibility index (Phi) is 6.22. The summed E-state index contributed by atoms with van der Waals surface area (Å²) in [6.07, 6.45) is 0. The molecule has 4 N–H and O–H groups in total. The fourth-order valence-electron chi connectivity index (χ4n) is 1.28. The number of nitrogens with one attached hydrogen (secondary N) is 2. The first-order valence-corrected chi connectivity index (χ1v) is 6.81. The molecule has 0 aliphatic carbocycles. The normalized spacial score (nSPS) is 9.70. The minimum absolute atomic E-state index is 0.183. The van der Waals surface area contributed by atoms with E-state index >= 15 is 0 Å². The fourth-order valence-corrected chi connectivity index (χ4v) is 1.77. The molecule has 1 aromatic rings. The van der Waals surface area contributed by atoms with Gasteiger partial charge >= 0.3 is 12.0 Å². The van der Waals surface area contributed by atoms with E-state index in [2.05, 4.69) is 5.32 Å². The molecule has 0 fully saturated rings. The van der Waals surface area contributed by atoms with Crippen LogP contribution in [0.1, 0.15) is 17.3 Å². The number of amides is 3. The predicted molar refractivity (Wildman–Crippen MR) is 81.1 cm³/mol. The van der Waals surface area contributed by atoms with Crippen LogP contribution in [0.4, 0.5) is 10.5 Å². The summed E-state index contributed by atoms with van der Waals surface area (Å²) in [5.74, 6) is -1.43. The van der Waals surface area contributed by atoms with Gasteiger partial charge < -0.3 is 15.8 Å². The maximum Gasteiger partial charge on any atom is 0.340 e. The van der Waals surface area contributed by atoms with Gasteiger partial charge in [-0.25, -0.2) is 9.59 Å². The van der Waals surface area contributed by atoms with E-state index in [1.807, 2.05) is 27.9 Å². The number of esters is 1. The Morgan fingerprint density at radius 1 is 1.35 bits per heavy atom. The van der Waals surface area contributed by atoms with Crippen LogP contribution in [0, 0.1) is 3.57 Å². The second-order valence-electron chi connectivity index (χ2n) is 3.72. The second kappa shape index (κ2) is 7.68. The number of hydrogen-bond donors (Lipinski definition) is 3. The molecule has 0 bridgehead atoms. The maximum atomic E-state index is 11.7. The summed E-state index contributed by atoms with van der Waals surface area (Å²) in [7, 11) is 0. The number of carbonyl (C=O) groups excluding carboxylic acids is 3. The molecule has 0 unspecified atom stereocenters. The van der Waals surface area contributed by atoms with Crippen LogP contribution in [0.2, 0.25) is 0 Å². The fraction of sp³-hybridized carbons (Fsp3) is 0.250. The van der Waals surface area contributed by atoms with Crippen LogP contribution in [0.25, 0.3) is 0 Å². The van der Waals surface area contributed by atoms with Gasteiger partial charge in [-0.2, -0.15) is 0 Å². The van der Waals surface area contributed by atoms with E-state index in [1.165, 1.54) is 0 Å². The van der Waals surface area contributed by atoms with E-state index in [4.69, 9.17) is 10.5 Å². The third-order valence-electron chi connectivity index (χ3n) is 2.16. The molecule has 1 aromatic carbocycles. The van der Waals surface area contributed by atoms with Gasteiger partial charge in [-0.3, -0.25) is 10.1 Å². The first-order valence-electron chi connectivity index (χ1n) is 5.74. The van der Waals surface area contributed by atoms with Crippen molar-refractivity contribution in [1.82, 2.24) is 10.6 Å². The van der Waals surface area contributed by atoms with Crippen LogP contribution >= 0.6 is 22.6 Å². The number of imide groups is 1. The van der Waals surface area contributed by atoms with Gasteiger partial charge in [-0.1, -0.05) is 0 Å². The molecule has 20 heavy (non-hydrogen) atoms. The van der Waals surface area contributed by atoms with Crippen molar-refractivity contribution >= 4 is 46.2 Å². The highest BCUT2D eigenvalue weighted by Gasteiger charge is 2.14. The molecule has 0 aromatic heterocycles. The van der Waals surface area contributed by atoms with Crippen molar-refractivity contribution in [3.05, 3.63) is 27.3 Å². The molecule has 0 saturated carbocycles. The minimum Gasteiger partial charge on any atom is -0.452 e. The van der Waals surface area contributed by atoms with E-state index < -0.39 is 24.5 Å². The highest BCUT2D eigenvalue weighted by Crippen LogP contribution is 2.16. The van der Waals surface area contributed by atoms with Crippen LogP contribution in [0.3, 0.4) is 0 Å². The number of halogens is 1. The van der Waals surface area contributed by atoms with Crippen molar-refractivity contribution in [2.24, 2.45) is 0 Å². The molecule has 0 spiro atoms. The smallest absolute Gasteiger partial charge is 0.340 e. The van der Waals surface area contributed by atoms with Crippen molar-refractivity contribution < 1.29 is 19.1 Å². The Hall–Kier alpha value is -1.84. The highest BCUT2D eigenvalue weighted by molar-refractivity contribution is 14.1. The average molecular weight is 391 g/mol. The van der Waals surface area contributed by atoms with E-state index in [0.29, 0.717) is 6.54 Å². The predicted octanol–water partition coefficient (Wildman–Crippen LogP) is 0.876. The van der Waals surface area contributed by atoms with Crippen molar-refractivity contribution in [3.63, 3.8) is 0 Å². The molecule has 0 aliphatic heterocycles. The molecule has 108 valence electrons. The van der Waals surface area contributed by atoms with Crippen LogP contribution in [-0.4, -0.2) is 31.1 Å². The summed E-state index contributed by atoms with van der Waals surface area (Å²) in [5, 5.41) is 4.39. The minimum atomic E-state index is -0.716. The molecule has 0 heterocycles. The Labute approximate surface area is 129 Å². The van der Waals surface area contributed by atoms with Crippen molar-refractivity contribution in [3.8, 4) is 0 Å². The van der Waals surface area contributed by atoms with Crippen molar-refractivity contribution in [2.45, 2.75) is 6.92 Å². The molecule has 0 radical (unpaired) electrons. The number of rotatable bonds is 4. The summed E-state index contributed by atoms with van der Waals surface area (Å²) in [4.78, 5) is 34.1. The second-order valence-corrected chi connectivity index (χ2v) is 4.96. The summed E-state index contributed by atoms with van der Waals surface area (Å²) in [6, 6.07) is 4.24. The number of nitrogen functional groups attached to an aromatic ring is 1. The van der Waals surface area contributed by atoms with Gasteiger partial charge in [0.1, 0.15) is 0 Å².